The minimum Gasteiger partial charge on any atom is -0.508 e. The molecule has 1 fully saturated rings. The standard InChI is InChI=1S/C80H109BN23O16/c1-44(2)64-76(119)101-60(43-63(83)108)73(116)97-55(37-46-19-8-4-9-20-46)70(113)94-53(28-17-35-91-79(86)87)67(110)99-59(42-62(82)107)72(115)96-56(38-47-21-10-5-11-22-47)71(114)95-54(29-18-36-92-80(88)89)68(111)103-65(45(3)105)77(120)100-57(39-48-23-12-6-13-24-48)69(112)93-52(27-16-34-90-78(84)85)66(109)81-104-61(41-50-30-32-51(106)33-31-50)75(118)98-58(74(117)102-64)40-49-25-14-7-15-26-49/h4-15,19-26,30-33,44-45,52-61,64-65,104-106H,16-18,27-29,34-43H2,1-3H3,(H2,82,107)(H2,83,108)(H,93,112)(H,94,113)(H,95,114)(H,96,115)(H,97,116)(H,98,118)(H,99,110)(H,100,120)(H,101,119)(H,102,117)(H,103,111)(H4,84,85,90)(H4,86,87,91)(H4,88,89,92)/t45-,52+,53+,54+,55+,56+,57+,58+,59+,60+,61-,64?,65+/m1/s1. The number of carbonyl (C=O) groups is 14. The number of rotatable bonds is 28. The molecule has 30 N–H and O–H groups in total. The van der Waals surface area contributed by atoms with E-state index in [4.69, 9.17) is 44.9 Å². The molecule has 1 saturated heterocycles. The summed E-state index contributed by atoms with van der Waals surface area (Å²) in [6, 6.07) is 18.1. The number of nitrogens with one attached hydrogen (secondary N) is 18. The van der Waals surface area contributed by atoms with Crippen molar-refractivity contribution in [3.63, 3.8) is 0 Å². The monoisotopic (exact) mass is 1660 g/mol. The number of aliphatic hydroxyl groups is 1. The lowest BCUT2D eigenvalue weighted by molar-refractivity contribution is -0.137. The number of benzene rings is 5. The third-order valence-corrected chi connectivity index (χ3v) is 19.0. The maximum absolute atomic E-state index is 15.1. The quantitative estimate of drug-likeness (QED) is 0.00964. The molecule has 1 aliphatic heterocycles. The van der Waals surface area contributed by atoms with Crippen molar-refractivity contribution in [1.29, 1.82) is 16.2 Å². The Bertz CT molecular complexity index is 4350. The smallest absolute Gasteiger partial charge is 0.298 e. The number of carbonyl (C=O) groups excluding carboxylic acids is 14. The predicted octanol–water partition coefficient (Wildman–Crippen LogP) is -5.07. The van der Waals surface area contributed by atoms with Crippen LogP contribution in [0.25, 0.3) is 0 Å². The van der Waals surface area contributed by atoms with Gasteiger partial charge in [0.05, 0.1) is 31.0 Å². The number of aromatic hydroxyl groups is 1. The first-order valence-corrected chi connectivity index (χ1v) is 39.0. The average molecular weight is 1660 g/mol. The van der Waals surface area contributed by atoms with Crippen molar-refractivity contribution in [3.05, 3.63) is 173 Å². The molecular weight excluding hydrogens is 1550 g/mol. The van der Waals surface area contributed by atoms with Crippen molar-refractivity contribution in [2.75, 3.05) is 19.6 Å². The fourth-order valence-corrected chi connectivity index (χ4v) is 12.7. The summed E-state index contributed by atoms with van der Waals surface area (Å²) in [6.45, 7) is 4.08. The molecule has 39 nitrogen and oxygen atoms in total. The lowest BCUT2D eigenvalue weighted by Gasteiger charge is -2.29. The average Bonchev–Trinajstić information content (AvgIpc) is 0.846. The largest absolute Gasteiger partial charge is 0.508 e. The number of hydrogen-bond donors (Lipinski definition) is 25. The first-order valence-electron chi connectivity index (χ1n) is 39.0. The van der Waals surface area contributed by atoms with Crippen LogP contribution in [0.5, 0.6) is 5.75 Å². The van der Waals surface area contributed by atoms with E-state index in [0.717, 1.165) is 14.3 Å². The molecule has 1 aliphatic rings. The van der Waals surface area contributed by atoms with Gasteiger partial charge < -0.3 is 123 Å². The number of amides is 13. The van der Waals surface area contributed by atoms with Gasteiger partial charge in [0, 0.05) is 45.3 Å². The molecule has 5 aromatic carbocycles. The van der Waals surface area contributed by atoms with Gasteiger partial charge in [0.25, 0.3) is 7.41 Å². The zero-order chi connectivity index (χ0) is 88.0. The van der Waals surface area contributed by atoms with E-state index in [1.54, 1.807) is 121 Å². The fourth-order valence-electron chi connectivity index (χ4n) is 12.7. The maximum atomic E-state index is 15.1. The lowest BCUT2D eigenvalue weighted by Crippen LogP contribution is -2.62. The van der Waals surface area contributed by atoms with Crippen LogP contribution in [-0.2, 0) is 99.2 Å². The van der Waals surface area contributed by atoms with Gasteiger partial charge in [-0.3, -0.25) is 78.6 Å². The van der Waals surface area contributed by atoms with Crippen molar-refractivity contribution in [3.8, 4) is 5.75 Å². The van der Waals surface area contributed by atoms with Gasteiger partial charge in [0.15, 0.2) is 17.9 Å². The number of nitrogens with two attached hydrogens (primary N) is 5. The molecule has 1 radical (unpaired) electrons. The highest BCUT2D eigenvalue weighted by molar-refractivity contribution is 6.73. The number of phenolic OH excluding ortho intramolecular Hbond substituents is 1. The Hall–Kier alpha value is -13.5. The Kier molecular flexibility index (Phi) is 38.8. The molecule has 13 amide bonds. The van der Waals surface area contributed by atoms with Gasteiger partial charge in [-0.15, -0.1) is 0 Å². The van der Waals surface area contributed by atoms with Crippen LogP contribution in [0.1, 0.15) is 100.0 Å². The highest BCUT2D eigenvalue weighted by Crippen LogP contribution is 2.17. The molecule has 0 bridgehead atoms. The van der Waals surface area contributed by atoms with E-state index in [1.165, 1.54) is 38.1 Å². The molecular formula is C80H109BN23O16. The Morgan fingerprint density at radius 3 is 0.958 bits per heavy atom. The third kappa shape index (κ3) is 33.6. The van der Waals surface area contributed by atoms with E-state index in [-0.39, 0.29) is 96.0 Å². The summed E-state index contributed by atoms with van der Waals surface area (Å²) < 4.78 is 0. The van der Waals surface area contributed by atoms with E-state index in [2.05, 4.69) is 79.7 Å². The number of aliphatic hydroxyl groups excluding tert-OH is 1. The summed E-state index contributed by atoms with van der Waals surface area (Å²) >= 11 is 0. The molecule has 40 heteroatoms. The number of guanidine groups is 3. The van der Waals surface area contributed by atoms with Gasteiger partial charge in [-0.2, -0.15) is 0 Å². The molecule has 5 aromatic rings. The highest BCUT2D eigenvalue weighted by atomic mass is 16.3. The van der Waals surface area contributed by atoms with E-state index in [1.807, 2.05) is 0 Å². The van der Waals surface area contributed by atoms with E-state index in [9.17, 15) is 53.4 Å². The van der Waals surface area contributed by atoms with Crippen LogP contribution >= 0.6 is 0 Å². The van der Waals surface area contributed by atoms with Crippen molar-refractivity contribution in [2.45, 2.75) is 183 Å². The summed E-state index contributed by atoms with van der Waals surface area (Å²) in [5, 5.41) is 84.1. The van der Waals surface area contributed by atoms with Crippen molar-refractivity contribution >= 4 is 108 Å². The minimum absolute atomic E-state index is 0.00357. The zero-order valence-electron chi connectivity index (χ0n) is 66.8. The highest BCUT2D eigenvalue weighted by Gasteiger charge is 2.40. The fraction of sp³-hybridized carbons (Fsp3) is 0.412. The van der Waals surface area contributed by atoms with Crippen molar-refractivity contribution in [1.82, 2.24) is 79.7 Å². The SMILES string of the molecule is CC(C)C1NC(=O)[C@H](Cc2ccccc2)NC(=O)[C@@H](Cc2ccc(O)cc2)N[B]C(=O)[C@H](CCCNC(=N)N)NC(=O)[C@H](Cc2ccccc2)NC(=O)[C@H]([C@@H](C)O)NC(=O)[C@H](CCCNC(=N)N)NC(=O)[C@H](Cc2ccccc2)NC(=O)[C@H](CC(N)=O)NC(=O)[C@H](CCCNC(=N)N)NC(=O)[C@H](Cc2ccccc2)NC(=O)[C@H](CC(N)=O)NC1=O. The molecule has 1 unspecified atom stereocenters. The minimum atomic E-state index is -1.95. The maximum Gasteiger partial charge on any atom is 0.298 e. The number of phenols is 1. The van der Waals surface area contributed by atoms with Crippen LogP contribution in [0.4, 0.5) is 0 Å². The van der Waals surface area contributed by atoms with Crippen LogP contribution in [-0.4, -0.2) is 216 Å². The normalized spacial score (nSPS) is 22.4. The summed E-state index contributed by atoms with van der Waals surface area (Å²) in [5.74, 6) is -16.5. The zero-order valence-corrected chi connectivity index (χ0v) is 66.8. The molecule has 0 aromatic heterocycles. The second kappa shape index (κ2) is 48.9. The molecule has 0 spiro atoms. The Morgan fingerprint density at radius 2 is 0.608 bits per heavy atom. The van der Waals surface area contributed by atoms with Crippen LogP contribution < -0.4 is 108 Å². The summed E-state index contributed by atoms with van der Waals surface area (Å²) in [6.07, 6.45) is -5.92. The number of hydrogen-bond acceptors (Lipinski definition) is 20. The lowest BCUT2D eigenvalue weighted by atomic mass is 9.79. The topological polar surface area (TPSA) is 662 Å². The molecule has 643 valence electrons. The van der Waals surface area contributed by atoms with Gasteiger partial charge in [-0.25, -0.2) is 0 Å². The first kappa shape index (κ1) is 95.3. The summed E-state index contributed by atoms with van der Waals surface area (Å²) in [7, 11) is 0.909. The summed E-state index contributed by atoms with van der Waals surface area (Å²) in [4.78, 5) is 205. The van der Waals surface area contributed by atoms with Gasteiger partial charge in [-0.05, 0) is 97.7 Å². The van der Waals surface area contributed by atoms with Crippen LogP contribution in [0.2, 0.25) is 0 Å². The first-order chi connectivity index (χ1) is 57.1. The Balaban J connectivity index is 1.52. The Morgan fingerprint density at radius 1 is 0.350 bits per heavy atom. The van der Waals surface area contributed by atoms with Gasteiger partial charge >= 0.3 is 0 Å². The molecule has 6 rings (SSSR count). The van der Waals surface area contributed by atoms with Crippen molar-refractivity contribution < 1.29 is 77.3 Å². The third-order valence-electron chi connectivity index (χ3n) is 19.0. The van der Waals surface area contributed by atoms with Gasteiger partial charge in [0.2, 0.25) is 76.8 Å². The van der Waals surface area contributed by atoms with E-state index in [0.29, 0.717) is 27.8 Å². The molecule has 0 aliphatic carbocycles. The summed E-state index contributed by atoms with van der Waals surface area (Å²) in [5.41, 5.74) is 29.6. The second-order valence-electron chi connectivity index (χ2n) is 29.2. The van der Waals surface area contributed by atoms with Crippen molar-refractivity contribution in [2.24, 2.45) is 34.6 Å². The Labute approximate surface area is 694 Å². The van der Waals surface area contributed by atoms with E-state index < -0.39 is 198 Å². The second-order valence-corrected chi connectivity index (χ2v) is 29.2. The molecule has 1 heterocycles. The van der Waals surface area contributed by atoms with Crippen LogP contribution in [0.15, 0.2) is 146 Å². The van der Waals surface area contributed by atoms with Crippen LogP contribution in [0, 0.1) is 22.1 Å². The van der Waals surface area contributed by atoms with E-state index >= 15 is 24.0 Å². The van der Waals surface area contributed by atoms with Crippen LogP contribution in [0.3, 0.4) is 0 Å². The predicted molar refractivity (Wildman–Crippen MR) is 443 cm³/mol. The molecule has 120 heavy (non-hydrogen) atoms. The van der Waals surface area contributed by atoms with Gasteiger partial charge in [-0.1, -0.05) is 147 Å². The van der Waals surface area contributed by atoms with Gasteiger partial charge in [0.1, 0.15) is 71.9 Å². The molecule has 13 atom stereocenters. The number of primary amides is 2. The molecule has 0 saturated carbocycles.